The van der Waals surface area contributed by atoms with Crippen LogP contribution in [0.1, 0.15) is 37.7 Å². The van der Waals surface area contributed by atoms with E-state index in [4.69, 9.17) is 9.57 Å². The van der Waals surface area contributed by atoms with Crippen LogP contribution >= 0.6 is 0 Å². The summed E-state index contributed by atoms with van der Waals surface area (Å²) in [6.07, 6.45) is 5.89. The smallest absolute Gasteiger partial charge is 0.266 e. The van der Waals surface area contributed by atoms with Crippen molar-refractivity contribution in [2.45, 2.75) is 50.7 Å². The van der Waals surface area contributed by atoms with E-state index in [2.05, 4.69) is 5.16 Å². The molecule has 5 heteroatoms. The molecule has 1 aromatic carbocycles. The van der Waals surface area contributed by atoms with Gasteiger partial charge in [0, 0.05) is 25.9 Å². The van der Waals surface area contributed by atoms with Gasteiger partial charge in [-0.3, -0.25) is 4.79 Å². The minimum Gasteiger partial charge on any atom is -0.497 e. The Kier molecular flexibility index (Phi) is 4.40. The lowest BCUT2D eigenvalue weighted by Gasteiger charge is -2.29. The van der Waals surface area contributed by atoms with Gasteiger partial charge in [0.15, 0.2) is 0 Å². The van der Waals surface area contributed by atoms with Gasteiger partial charge in [0.25, 0.3) is 5.91 Å². The number of nitrogens with zero attached hydrogens (tertiary/aromatic N) is 2. The van der Waals surface area contributed by atoms with Gasteiger partial charge in [-0.2, -0.15) is 0 Å². The van der Waals surface area contributed by atoms with E-state index >= 15 is 0 Å². The normalized spacial score (nSPS) is 22.5. The molecule has 2 aliphatic carbocycles. The van der Waals surface area contributed by atoms with Crippen LogP contribution in [0.3, 0.4) is 0 Å². The van der Waals surface area contributed by atoms with Crippen LogP contribution in [0.15, 0.2) is 29.4 Å². The van der Waals surface area contributed by atoms with E-state index in [9.17, 15) is 4.79 Å². The Labute approximate surface area is 149 Å². The summed E-state index contributed by atoms with van der Waals surface area (Å²) in [5, 5.41) is 4.18. The second-order valence-electron chi connectivity index (χ2n) is 7.60. The third-order valence-corrected chi connectivity index (χ3v) is 5.55. The molecule has 4 rings (SSSR count). The molecule has 25 heavy (non-hydrogen) atoms. The Balaban J connectivity index is 1.35. The number of hydrogen-bond donors (Lipinski definition) is 0. The number of hydrogen-bond acceptors (Lipinski definition) is 4. The third-order valence-electron chi connectivity index (χ3n) is 5.55. The summed E-state index contributed by atoms with van der Waals surface area (Å²) in [4.78, 5) is 20.3. The number of methoxy groups -OCH3 is 1. The van der Waals surface area contributed by atoms with E-state index in [1.807, 2.05) is 36.2 Å². The molecule has 1 heterocycles. The van der Waals surface area contributed by atoms with Crippen molar-refractivity contribution in [2.24, 2.45) is 17.0 Å². The topological polar surface area (TPSA) is 51.1 Å². The first-order chi connectivity index (χ1) is 12.2. The van der Waals surface area contributed by atoms with E-state index in [0.29, 0.717) is 30.7 Å². The predicted octanol–water partition coefficient (Wildman–Crippen LogP) is 3.03. The Morgan fingerprint density at radius 1 is 1.32 bits per heavy atom. The number of amides is 1. The summed E-state index contributed by atoms with van der Waals surface area (Å²) in [5.41, 5.74) is 2.05. The molecule has 0 N–H and O–H groups in total. The standard InChI is InChI=1S/C20H26N2O3/c1-22(19(14-6-7-14)15-8-9-15)20(23)18-12-16(21-25-18)10-13-4-3-5-17(11-13)24-2/h3-5,11,14-15,18-19H,6-10,12H2,1-2H3. The van der Waals surface area contributed by atoms with Crippen LogP contribution < -0.4 is 4.74 Å². The van der Waals surface area contributed by atoms with E-state index in [0.717, 1.165) is 17.0 Å². The molecule has 1 amide bonds. The Bertz CT molecular complexity index is 667. The highest BCUT2D eigenvalue weighted by molar-refractivity contribution is 5.94. The molecule has 1 atom stereocenters. The molecule has 0 aromatic heterocycles. The highest BCUT2D eigenvalue weighted by atomic mass is 16.6. The van der Waals surface area contributed by atoms with Crippen molar-refractivity contribution in [3.63, 3.8) is 0 Å². The molecule has 0 saturated heterocycles. The quantitative estimate of drug-likeness (QED) is 0.765. The fraction of sp³-hybridized carbons (Fsp3) is 0.600. The molecule has 1 unspecified atom stereocenters. The number of benzene rings is 1. The minimum absolute atomic E-state index is 0.0909. The zero-order chi connectivity index (χ0) is 17.4. The summed E-state index contributed by atoms with van der Waals surface area (Å²) in [6, 6.07) is 8.35. The van der Waals surface area contributed by atoms with Crippen molar-refractivity contribution < 1.29 is 14.4 Å². The van der Waals surface area contributed by atoms with Crippen molar-refractivity contribution in [3.05, 3.63) is 29.8 Å². The maximum Gasteiger partial charge on any atom is 0.266 e. The predicted molar refractivity (Wildman–Crippen MR) is 95.6 cm³/mol. The molecular formula is C20H26N2O3. The zero-order valence-corrected chi connectivity index (χ0v) is 15.0. The Morgan fingerprint density at radius 2 is 2.04 bits per heavy atom. The second kappa shape index (κ2) is 6.70. The molecule has 5 nitrogen and oxygen atoms in total. The Hall–Kier alpha value is -2.04. The molecule has 0 radical (unpaired) electrons. The lowest BCUT2D eigenvalue weighted by atomic mass is 10.0. The van der Waals surface area contributed by atoms with Gasteiger partial charge < -0.3 is 14.5 Å². The molecule has 0 bridgehead atoms. The van der Waals surface area contributed by atoms with Gasteiger partial charge in [0.1, 0.15) is 5.75 Å². The first kappa shape index (κ1) is 16.4. The molecule has 3 aliphatic rings. The van der Waals surface area contributed by atoms with Crippen molar-refractivity contribution >= 4 is 11.6 Å². The third kappa shape index (κ3) is 3.65. The maximum absolute atomic E-state index is 12.9. The minimum atomic E-state index is -0.453. The first-order valence-electron chi connectivity index (χ1n) is 9.27. The summed E-state index contributed by atoms with van der Waals surface area (Å²) in [5.74, 6) is 2.34. The van der Waals surface area contributed by atoms with Crippen molar-refractivity contribution in [1.29, 1.82) is 0 Å². The monoisotopic (exact) mass is 342 g/mol. The van der Waals surface area contributed by atoms with Crippen LogP contribution in [0.2, 0.25) is 0 Å². The summed E-state index contributed by atoms with van der Waals surface area (Å²) >= 11 is 0. The maximum atomic E-state index is 12.9. The highest BCUT2D eigenvalue weighted by Crippen LogP contribution is 2.47. The van der Waals surface area contributed by atoms with Gasteiger partial charge in [-0.15, -0.1) is 0 Å². The van der Waals surface area contributed by atoms with Crippen LogP contribution in [0, 0.1) is 11.8 Å². The van der Waals surface area contributed by atoms with Crippen LogP contribution in [0.5, 0.6) is 5.75 Å². The van der Waals surface area contributed by atoms with E-state index in [-0.39, 0.29) is 5.91 Å². The SMILES string of the molecule is COc1cccc(CC2=NOC(C(=O)N(C)C(C3CC3)C3CC3)C2)c1. The molecular weight excluding hydrogens is 316 g/mol. The number of oxime groups is 1. The number of ether oxygens (including phenoxy) is 1. The van der Waals surface area contributed by atoms with Crippen molar-refractivity contribution in [1.82, 2.24) is 4.90 Å². The van der Waals surface area contributed by atoms with Gasteiger partial charge in [-0.05, 0) is 55.2 Å². The Morgan fingerprint density at radius 3 is 2.68 bits per heavy atom. The van der Waals surface area contributed by atoms with Gasteiger partial charge in [0.05, 0.1) is 12.8 Å². The van der Waals surface area contributed by atoms with Crippen LogP contribution in [0.4, 0.5) is 0 Å². The van der Waals surface area contributed by atoms with E-state index in [1.165, 1.54) is 25.7 Å². The average Bonchev–Trinajstić information content (AvgIpc) is 3.56. The van der Waals surface area contributed by atoms with Crippen molar-refractivity contribution in [3.8, 4) is 5.75 Å². The zero-order valence-electron chi connectivity index (χ0n) is 15.0. The van der Waals surface area contributed by atoms with Gasteiger partial charge >= 0.3 is 0 Å². The number of carbonyl (C=O) groups is 1. The number of carbonyl (C=O) groups excluding carboxylic acids is 1. The average molecular weight is 342 g/mol. The first-order valence-corrected chi connectivity index (χ1v) is 9.27. The molecule has 2 saturated carbocycles. The highest BCUT2D eigenvalue weighted by Gasteiger charge is 2.46. The second-order valence-corrected chi connectivity index (χ2v) is 7.60. The lowest BCUT2D eigenvalue weighted by Crippen LogP contribution is -2.45. The summed E-state index contributed by atoms with van der Waals surface area (Å²) < 4.78 is 5.26. The molecule has 134 valence electrons. The van der Waals surface area contributed by atoms with Gasteiger partial charge in [-0.1, -0.05) is 17.3 Å². The molecule has 1 aromatic rings. The lowest BCUT2D eigenvalue weighted by molar-refractivity contribution is -0.143. The summed E-state index contributed by atoms with van der Waals surface area (Å²) in [6.45, 7) is 0. The number of rotatable bonds is 7. The van der Waals surface area contributed by atoms with Crippen LogP contribution in [-0.2, 0) is 16.1 Å². The fourth-order valence-corrected chi connectivity index (χ4v) is 3.95. The fourth-order valence-electron chi connectivity index (χ4n) is 3.95. The van der Waals surface area contributed by atoms with Crippen molar-refractivity contribution in [2.75, 3.05) is 14.2 Å². The van der Waals surface area contributed by atoms with E-state index < -0.39 is 6.10 Å². The molecule has 0 spiro atoms. The van der Waals surface area contributed by atoms with Crippen LogP contribution in [0.25, 0.3) is 0 Å². The van der Waals surface area contributed by atoms with E-state index in [1.54, 1.807) is 7.11 Å². The molecule has 2 fully saturated rings. The molecule has 1 aliphatic heterocycles. The largest absolute Gasteiger partial charge is 0.497 e. The van der Waals surface area contributed by atoms with Gasteiger partial charge in [-0.25, -0.2) is 0 Å². The summed E-state index contributed by atoms with van der Waals surface area (Å²) in [7, 11) is 3.61. The van der Waals surface area contributed by atoms with Gasteiger partial charge in [0.2, 0.25) is 6.10 Å². The van der Waals surface area contributed by atoms with Crippen LogP contribution in [-0.4, -0.2) is 42.8 Å². The number of likely N-dealkylation sites (N-methyl/N-ethyl adjacent to an activating group) is 1.